The van der Waals surface area contributed by atoms with Crippen LogP contribution in [0, 0.1) is 0 Å². The molecule has 0 atom stereocenters. The van der Waals surface area contributed by atoms with Crippen LogP contribution in [0.5, 0.6) is 5.75 Å². The van der Waals surface area contributed by atoms with Gasteiger partial charge < -0.3 is 14.3 Å². The van der Waals surface area contributed by atoms with E-state index in [1.54, 1.807) is 17.8 Å². The van der Waals surface area contributed by atoms with E-state index in [4.69, 9.17) is 9.15 Å². The number of rotatable bonds is 6. The number of carboxylic acids is 1. The number of ether oxygens (including phenoxy) is 1. The van der Waals surface area contributed by atoms with E-state index in [1.165, 1.54) is 19.8 Å². The number of hydrogen-bond donors (Lipinski definition) is 1. The van der Waals surface area contributed by atoms with Crippen molar-refractivity contribution in [3.8, 4) is 17.0 Å². The van der Waals surface area contributed by atoms with E-state index < -0.39 is 5.97 Å². The molecule has 0 aliphatic carbocycles. The second-order valence-corrected chi connectivity index (χ2v) is 6.01. The van der Waals surface area contributed by atoms with Gasteiger partial charge in [-0.1, -0.05) is 24.3 Å². The van der Waals surface area contributed by atoms with Crippen LogP contribution < -0.4 is 4.74 Å². The molecule has 24 heavy (non-hydrogen) atoms. The number of thioether (sulfide) groups is 1. The van der Waals surface area contributed by atoms with E-state index in [1.807, 2.05) is 36.4 Å². The first kappa shape index (κ1) is 16.1. The highest BCUT2D eigenvalue weighted by Gasteiger charge is 2.22. The van der Waals surface area contributed by atoms with Crippen molar-refractivity contribution < 1.29 is 19.1 Å². The minimum Gasteiger partial charge on any atom is -0.495 e. The van der Waals surface area contributed by atoms with Crippen molar-refractivity contribution in [3.63, 3.8) is 0 Å². The molecule has 0 unspecified atom stereocenters. The molecule has 0 aliphatic heterocycles. The number of aromatic carboxylic acids is 1. The molecule has 1 heterocycles. The molecule has 122 valence electrons. The SMILES string of the molecule is COc1c(-c2cocn2)ccc(CSc2ccccc2)c1C(=O)O. The largest absolute Gasteiger partial charge is 0.495 e. The topological polar surface area (TPSA) is 72.6 Å². The standard InChI is InChI=1S/C18H15NO4S/c1-22-17-14(15-9-23-11-19-15)8-7-12(16(17)18(20)21)10-24-13-5-3-2-4-6-13/h2-9,11H,10H2,1H3,(H,20,21). The lowest BCUT2D eigenvalue weighted by atomic mass is 10.0. The third-order valence-corrected chi connectivity index (χ3v) is 4.57. The van der Waals surface area contributed by atoms with Gasteiger partial charge in [-0.05, 0) is 23.8 Å². The Kier molecular flexibility index (Phi) is 4.86. The van der Waals surface area contributed by atoms with E-state index in [2.05, 4.69) is 4.98 Å². The summed E-state index contributed by atoms with van der Waals surface area (Å²) in [6, 6.07) is 13.4. The summed E-state index contributed by atoms with van der Waals surface area (Å²) in [5.41, 5.74) is 1.98. The Balaban J connectivity index is 1.99. The highest BCUT2D eigenvalue weighted by molar-refractivity contribution is 7.98. The van der Waals surface area contributed by atoms with Crippen molar-refractivity contribution in [2.24, 2.45) is 0 Å². The minimum atomic E-state index is -1.03. The van der Waals surface area contributed by atoms with Crippen molar-refractivity contribution >= 4 is 17.7 Å². The van der Waals surface area contributed by atoms with Gasteiger partial charge in [-0.2, -0.15) is 0 Å². The minimum absolute atomic E-state index is 0.154. The summed E-state index contributed by atoms with van der Waals surface area (Å²) >= 11 is 1.57. The maximum atomic E-state index is 11.8. The normalized spacial score (nSPS) is 10.5. The molecular weight excluding hydrogens is 326 g/mol. The lowest BCUT2D eigenvalue weighted by Crippen LogP contribution is -2.06. The highest BCUT2D eigenvalue weighted by Crippen LogP contribution is 2.36. The number of oxazole rings is 1. The van der Waals surface area contributed by atoms with Crippen LogP contribution in [0.15, 0.2) is 64.4 Å². The van der Waals surface area contributed by atoms with Gasteiger partial charge in [0.1, 0.15) is 23.3 Å². The molecule has 0 radical (unpaired) electrons. The zero-order chi connectivity index (χ0) is 16.9. The molecule has 1 aromatic heterocycles. The smallest absolute Gasteiger partial charge is 0.339 e. The molecule has 3 rings (SSSR count). The first-order valence-electron chi connectivity index (χ1n) is 7.20. The van der Waals surface area contributed by atoms with E-state index in [-0.39, 0.29) is 5.56 Å². The molecule has 0 fully saturated rings. The molecule has 0 bridgehead atoms. The summed E-state index contributed by atoms with van der Waals surface area (Å²) in [4.78, 5) is 17.0. The zero-order valence-electron chi connectivity index (χ0n) is 12.9. The zero-order valence-corrected chi connectivity index (χ0v) is 13.7. The maximum Gasteiger partial charge on any atom is 0.339 e. The monoisotopic (exact) mass is 341 g/mol. The van der Waals surface area contributed by atoms with Crippen LogP contribution in [0.3, 0.4) is 0 Å². The summed E-state index contributed by atoms with van der Waals surface area (Å²) < 4.78 is 10.4. The fourth-order valence-corrected chi connectivity index (χ4v) is 3.33. The Hall–Kier alpha value is -2.73. The average Bonchev–Trinajstić information content (AvgIpc) is 3.14. The van der Waals surface area contributed by atoms with E-state index in [9.17, 15) is 9.90 Å². The molecule has 0 amide bonds. The van der Waals surface area contributed by atoms with Gasteiger partial charge in [-0.15, -0.1) is 11.8 Å². The number of carboxylic acid groups (broad SMARTS) is 1. The maximum absolute atomic E-state index is 11.8. The Labute approximate surface area is 143 Å². The Morgan fingerprint density at radius 1 is 1.25 bits per heavy atom. The first-order chi connectivity index (χ1) is 11.7. The molecule has 0 spiro atoms. The van der Waals surface area contributed by atoms with Crippen LogP contribution in [0.4, 0.5) is 0 Å². The van der Waals surface area contributed by atoms with Gasteiger partial charge in [-0.25, -0.2) is 9.78 Å². The number of methoxy groups -OCH3 is 1. The van der Waals surface area contributed by atoms with Gasteiger partial charge in [0.2, 0.25) is 0 Å². The van der Waals surface area contributed by atoms with E-state index in [0.29, 0.717) is 28.3 Å². The van der Waals surface area contributed by atoms with Crippen molar-refractivity contribution in [1.82, 2.24) is 4.98 Å². The second kappa shape index (κ2) is 7.23. The fraction of sp³-hybridized carbons (Fsp3) is 0.111. The molecule has 0 saturated carbocycles. The van der Waals surface area contributed by atoms with Crippen LogP contribution in [-0.4, -0.2) is 23.2 Å². The first-order valence-corrected chi connectivity index (χ1v) is 8.19. The summed E-state index contributed by atoms with van der Waals surface area (Å²) in [5, 5.41) is 9.66. The van der Waals surface area contributed by atoms with Gasteiger partial charge in [-0.3, -0.25) is 0 Å². The number of benzene rings is 2. The highest BCUT2D eigenvalue weighted by atomic mass is 32.2. The summed E-state index contributed by atoms with van der Waals surface area (Å²) in [5.74, 6) is -0.204. The van der Waals surface area contributed by atoms with Crippen molar-refractivity contribution in [2.45, 2.75) is 10.6 Å². The summed E-state index contributed by atoms with van der Waals surface area (Å²) in [7, 11) is 1.46. The Morgan fingerprint density at radius 2 is 2.04 bits per heavy atom. The molecule has 5 nitrogen and oxygen atoms in total. The number of aromatic nitrogens is 1. The van der Waals surface area contributed by atoms with Gasteiger partial charge in [0, 0.05) is 16.2 Å². The summed E-state index contributed by atoms with van der Waals surface area (Å²) in [6.45, 7) is 0. The van der Waals surface area contributed by atoms with Crippen LogP contribution in [0.25, 0.3) is 11.3 Å². The molecule has 2 aromatic carbocycles. The van der Waals surface area contributed by atoms with Crippen LogP contribution in [0.1, 0.15) is 15.9 Å². The van der Waals surface area contributed by atoms with Crippen LogP contribution >= 0.6 is 11.8 Å². The van der Waals surface area contributed by atoms with Gasteiger partial charge in [0.25, 0.3) is 0 Å². The predicted molar refractivity (Wildman–Crippen MR) is 91.5 cm³/mol. The quantitative estimate of drug-likeness (QED) is 0.672. The van der Waals surface area contributed by atoms with Crippen LogP contribution in [0.2, 0.25) is 0 Å². The van der Waals surface area contributed by atoms with Gasteiger partial charge >= 0.3 is 5.97 Å². The predicted octanol–water partition coefficient (Wildman–Crippen LogP) is 4.34. The third-order valence-electron chi connectivity index (χ3n) is 3.51. The van der Waals surface area contributed by atoms with Crippen molar-refractivity contribution in [3.05, 3.63) is 66.2 Å². The Bertz CT molecular complexity index is 832. The van der Waals surface area contributed by atoms with E-state index in [0.717, 1.165) is 4.90 Å². The van der Waals surface area contributed by atoms with E-state index >= 15 is 0 Å². The van der Waals surface area contributed by atoms with Crippen molar-refractivity contribution in [1.29, 1.82) is 0 Å². The molecular formula is C18H15NO4S. The van der Waals surface area contributed by atoms with Gasteiger partial charge in [0.05, 0.1) is 7.11 Å². The molecule has 1 N–H and O–H groups in total. The average molecular weight is 341 g/mol. The lowest BCUT2D eigenvalue weighted by Gasteiger charge is -2.14. The number of nitrogens with zero attached hydrogens (tertiary/aromatic N) is 1. The third kappa shape index (κ3) is 3.28. The van der Waals surface area contributed by atoms with Crippen molar-refractivity contribution in [2.75, 3.05) is 7.11 Å². The molecule has 0 aliphatic rings. The summed E-state index contributed by atoms with van der Waals surface area (Å²) in [6.07, 6.45) is 2.76. The second-order valence-electron chi connectivity index (χ2n) is 4.96. The van der Waals surface area contributed by atoms with Crippen LogP contribution in [-0.2, 0) is 5.75 Å². The van der Waals surface area contributed by atoms with Gasteiger partial charge in [0.15, 0.2) is 6.39 Å². The lowest BCUT2D eigenvalue weighted by molar-refractivity contribution is 0.0692. The molecule has 6 heteroatoms. The number of hydrogen-bond acceptors (Lipinski definition) is 5. The molecule has 0 saturated heterocycles. The number of carbonyl (C=O) groups is 1. The Morgan fingerprint density at radius 3 is 2.67 bits per heavy atom. The fourth-order valence-electron chi connectivity index (χ4n) is 2.42. The molecule has 3 aromatic rings.